The summed E-state index contributed by atoms with van der Waals surface area (Å²) in [7, 11) is 1.67. The normalized spacial score (nSPS) is 10.2. The van der Waals surface area contributed by atoms with E-state index in [1.807, 2.05) is 30.3 Å². The van der Waals surface area contributed by atoms with Gasteiger partial charge in [-0.3, -0.25) is 4.98 Å². The molecule has 0 amide bonds. The maximum absolute atomic E-state index is 5.73. The van der Waals surface area contributed by atoms with Crippen LogP contribution in [0.5, 0.6) is 5.75 Å². The zero-order chi connectivity index (χ0) is 12.1. The number of pyridine rings is 1. The van der Waals surface area contributed by atoms with Gasteiger partial charge in [-0.15, -0.1) is 0 Å². The molecule has 0 bridgehead atoms. The van der Waals surface area contributed by atoms with E-state index in [0.717, 1.165) is 21.1 Å². The first-order valence-electron chi connectivity index (χ1n) is 5.28. The van der Waals surface area contributed by atoms with Crippen LogP contribution in [0.25, 0.3) is 0 Å². The Balaban J connectivity index is 2.30. The predicted molar refractivity (Wildman–Crippen MR) is 69.2 cm³/mol. The molecule has 2 aromatic rings. The molecule has 0 atom stereocenters. The zero-order valence-corrected chi connectivity index (χ0v) is 10.4. The summed E-state index contributed by atoms with van der Waals surface area (Å²) in [6, 6.07) is 9.89. The van der Waals surface area contributed by atoms with E-state index >= 15 is 0 Å². The predicted octanol–water partition coefficient (Wildman–Crippen LogP) is 2.70. The molecule has 0 aliphatic heterocycles. The molecule has 0 unspecified atom stereocenters. The second kappa shape index (κ2) is 5.70. The minimum atomic E-state index is 0.525. The molecule has 0 radical (unpaired) electrons. The van der Waals surface area contributed by atoms with Gasteiger partial charge < -0.3 is 10.5 Å². The highest BCUT2D eigenvalue weighted by Crippen LogP contribution is 2.32. The molecule has 17 heavy (non-hydrogen) atoms. The number of nitrogens with zero attached hydrogens (tertiary/aromatic N) is 1. The quantitative estimate of drug-likeness (QED) is 0.901. The van der Waals surface area contributed by atoms with Crippen LogP contribution >= 0.6 is 11.8 Å². The SMILES string of the molecule is COc1ccc(CN)c(Sc2ccncc2)c1. The Labute approximate surface area is 105 Å². The Hall–Kier alpha value is -1.52. The smallest absolute Gasteiger partial charge is 0.120 e. The Bertz CT molecular complexity index is 488. The molecule has 1 aromatic heterocycles. The third-order valence-corrected chi connectivity index (χ3v) is 3.48. The van der Waals surface area contributed by atoms with Gasteiger partial charge in [0.25, 0.3) is 0 Å². The van der Waals surface area contributed by atoms with E-state index in [-0.39, 0.29) is 0 Å². The molecule has 0 saturated heterocycles. The third kappa shape index (κ3) is 2.99. The third-order valence-electron chi connectivity index (χ3n) is 2.37. The second-order valence-corrected chi connectivity index (χ2v) is 4.58. The number of ether oxygens (including phenoxy) is 1. The average molecular weight is 246 g/mol. The topological polar surface area (TPSA) is 48.1 Å². The number of aromatic nitrogens is 1. The minimum absolute atomic E-state index is 0.525. The Morgan fingerprint density at radius 2 is 2.00 bits per heavy atom. The lowest BCUT2D eigenvalue weighted by molar-refractivity contribution is 0.413. The first-order chi connectivity index (χ1) is 8.33. The van der Waals surface area contributed by atoms with Crippen molar-refractivity contribution in [2.75, 3.05) is 7.11 Å². The summed E-state index contributed by atoms with van der Waals surface area (Å²) < 4.78 is 5.23. The van der Waals surface area contributed by atoms with E-state index in [4.69, 9.17) is 10.5 Å². The van der Waals surface area contributed by atoms with E-state index in [0.29, 0.717) is 6.54 Å². The van der Waals surface area contributed by atoms with Crippen molar-refractivity contribution in [2.24, 2.45) is 5.73 Å². The highest BCUT2D eigenvalue weighted by molar-refractivity contribution is 7.99. The van der Waals surface area contributed by atoms with Crippen molar-refractivity contribution in [1.29, 1.82) is 0 Å². The Morgan fingerprint density at radius 1 is 1.24 bits per heavy atom. The number of benzene rings is 1. The van der Waals surface area contributed by atoms with Crippen LogP contribution in [0, 0.1) is 0 Å². The van der Waals surface area contributed by atoms with Crippen LogP contribution in [-0.2, 0) is 6.54 Å². The number of rotatable bonds is 4. The van der Waals surface area contributed by atoms with Gasteiger partial charge in [-0.1, -0.05) is 17.8 Å². The van der Waals surface area contributed by atoms with Crippen LogP contribution in [0.15, 0.2) is 52.5 Å². The highest BCUT2D eigenvalue weighted by atomic mass is 32.2. The standard InChI is InChI=1S/C13H14N2OS/c1-16-11-3-2-10(9-14)13(8-11)17-12-4-6-15-7-5-12/h2-8H,9,14H2,1H3. The summed E-state index contributed by atoms with van der Waals surface area (Å²) in [6.45, 7) is 0.525. The van der Waals surface area contributed by atoms with E-state index in [1.54, 1.807) is 31.3 Å². The van der Waals surface area contributed by atoms with Crippen LogP contribution in [0.3, 0.4) is 0 Å². The average Bonchev–Trinajstić information content (AvgIpc) is 2.40. The Morgan fingerprint density at radius 3 is 2.65 bits per heavy atom. The molecule has 4 heteroatoms. The maximum Gasteiger partial charge on any atom is 0.120 e. The van der Waals surface area contributed by atoms with Crippen molar-refractivity contribution in [2.45, 2.75) is 16.3 Å². The van der Waals surface area contributed by atoms with Crippen molar-refractivity contribution in [3.63, 3.8) is 0 Å². The lowest BCUT2D eigenvalue weighted by Crippen LogP contribution is -1.98. The largest absolute Gasteiger partial charge is 0.497 e. The van der Waals surface area contributed by atoms with Gasteiger partial charge in [-0.2, -0.15) is 0 Å². The van der Waals surface area contributed by atoms with Crippen LogP contribution < -0.4 is 10.5 Å². The second-order valence-electron chi connectivity index (χ2n) is 3.46. The van der Waals surface area contributed by atoms with Crippen molar-refractivity contribution in [3.05, 3.63) is 48.3 Å². The fourth-order valence-corrected chi connectivity index (χ4v) is 2.43. The number of nitrogens with two attached hydrogens (primary N) is 1. The van der Waals surface area contributed by atoms with Crippen LogP contribution in [0.4, 0.5) is 0 Å². The zero-order valence-electron chi connectivity index (χ0n) is 9.59. The van der Waals surface area contributed by atoms with Gasteiger partial charge >= 0.3 is 0 Å². The van der Waals surface area contributed by atoms with Gasteiger partial charge in [0, 0.05) is 28.7 Å². The number of hydrogen-bond donors (Lipinski definition) is 1. The Kier molecular flexibility index (Phi) is 4.01. The molecule has 0 aliphatic rings. The van der Waals surface area contributed by atoms with E-state index in [9.17, 15) is 0 Å². The van der Waals surface area contributed by atoms with Crippen molar-refractivity contribution >= 4 is 11.8 Å². The van der Waals surface area contributed by atoms with Gasteiger partial charge in [0.2, 0.25) is 0 Å². The number of methoxy groups -OCH3 is 1. The molecule has 0 spiro atoms. The summed E-state index contributed by atoms with van der Waals surface area (Å²) >= 11 is 1.67. The summed E-state index contributed by atoms with van der Waals surface area (Å²) in [6.07, 6.45) is 3.56. The van der Waals surface area contributed by atoms with E-state index in [2.05, 4.69) is 4.98 Å². The van der Waals surface area contributed by atoms with Crippen molar-refractivity contribution < 1.29 is 4.74 Å². The molecule has 0 saturated carbocycles. The van der Waals surface area contributed by atoms with Crippen LogP contribution in [0.1, 0.15) is 5.56 Å². The molecule has 0 fully saturated rings. The minimum Gasteiger partial charge on any atom is -0.497 e. The molecule has 1 heterocycles. The van der Waals surface area contributed by atoms with Gasteiger partial charge in [0.1, 0.15) is 5.75 Å². The monoisotopic (exact) mass is 246 g/mol. The summed E-state index contributed by atoms with van der Waals surface area (Å²) in [5.74, 6) is 0.846. The fourth-order valence-electron chi connectivity index (χ4n) is 1.46. The van der Waals surface area contributed by atoms with Crippen molar-refractivity contribution in [3.8, 4) is 5.75 Å². The first kappa shape index (κ1) is 12.0. The van der Waals surface area contributed by atoms with Crippen molar-refractivity contribution in [1.82, 2.24) is 4.98 Å². The van der Waals surface area contributed by atoms with Gasteiger partial charge in [-0.05, 0) is 29.8 Å². The molecule has 0 aliphatic carbocycles. The lowest BCUT2D eigenvalue weighted by Gasteiger charge is -2.09. The maximum atomic E-state index is 5.73. The lowest BCUT2D eigenvalue weighted by atomic mass is 10.2. The van der Waals surface area contributed by atoms with E-state index in [1.165, 1.54) is 0 Å². The molecule has 2 N–H and O–H groups in total. The summed E-state index contributed by atoms with van der Waals surface area (Å²) in [5.41, 5.74) is 6.85. The number of hydrogen-bond acceptors (Lipinski definition) is 4. The van der Waals surface area contributed by atoms with Crippen LogP contribution in [-0.4, -0.2) is 12.1 Å². The van der Waals surface area contributed by atoms with Gasteiger partial charge in [-0.25, -0.2) is 0 Å². The molecule has 2 rings (SSSR count). The molecular weight excluding hydrogens is 232 g/mol. The van der Waals surface area contributed by atoms with Crippen LogP contribution in [0.2, 0.25) is 0 Å². The fraction of sp³-hybridized carbons (Fsp3) is 0.154. The summed E-state index contributed by atoms with van der Waals surface area (Å²) in [5, 5.41) is 0. The molecule has 1 aromatic carbocycles. The summed E-state index contributed by atoms with van der Waals surface area (Å²) in [4.78, 5) is 6.27. The highest BCUT2D eigenvalue weighted by Gasteiger charge is 2.05. The molecule has 88 valence electrons. The van der Waals surface area contributed by atoms with Gasteiger partial charge in [0.05, 0.1) is 7.11 Å². The van der Waals surface area contributed by atoms with Gasteiger partial charge in [0.15, 0.2) is 0 Å². The molecule has 3 nitrogen and oxygen atoms in total. The van der Waals surface area contributed by atoms with E-state index < -0.39 is 0 Å². The first-order valence-corrected chi connectivity index (χ1v) is 6.10. The molecular formula is C13H14N2OS.